The van der Waals surface area contributed by atoms with Crippen LogP contribution in [0.2, 0.25) is 0 Å². The molecule has 112 valence electrons. The molecule has 1 aromatic rings. The zero-order chi connectivity index (χ0) is 13.5. The highest BCUT2D eigenvalue weighted by Gasteiger charge is 2.17. The number of ether oxygens (including phenoxy) is 1. The summed E-state index contributed by atoms with van der Waals surface area (Å²) in [5.41, 5.74) is 0.804. The van der Waals surface area contributed by atoms with Gasteiger partial charge in [0.25, 0.3) is 0 Å². The van der Waals surface area contributed by atoms with E-state index in [4.69, 9.17) is 4.74 Å². The number of hydrogen-bond acceptors (Lipinski definition) is 4. The van der Waals surface area contributed by atoms with E-state index in [0.29, 0.717) is 19.6 Å². The standard InChI is InChI=1S/C14H20N2O3.ClH/c17-13(11-4-2-1-3-5-11)10-16-14(18)8-12-9-15-6-7-19-12;/h1-5,12-13,15,17H,6-10H2,(H,16,18);1H. The third-order valence-corrected chi connectivity index (χ3v) is 3.09. The van der Waals surface area contributed by atoms with Gasteiger partial charge < -0.3 is 20.5 Å². The lowest BCUT2D eigenvalue weighted by Gasteiger charge is -2.23. The Morgan fingerprint density at radius 1 is 1.45 bits per heavy atom. The Labute approximate surface area is 125 Å². The molecule has 1 aliphatic heterocycles. The number of morpholine rings is 1. The Morgan fingerprint density at radius 2 is 2.20 bits per heavy atom. The second-order valence-corrected chi connectivity index (χ2v) is 4.63. The maximum atomic E-state index is 11.7. The predicted octanol–water partition coefficient (Wildman–Crippen LogP) is 0.636. The quantitative estimate of drug-likeness (QED) is 0.746. The summed E-state index contributed by atoms with van der Waals surface area (Å²) in [4.78, 5) is 11.7. The van der Waals surface area contributed by atoms with Crippen molar-refractivity contribution < 1.29 is 14.6 Å². The molecule has 0 aliphatic carbocycles. The molecule has 0 saturated carbocycles. The predicted molar refractivity (Wildman–Crippen MR) is 78.9 cm³/mol. The first-order valence-corrected chi connectivity index (χ1v) is 6.58. The van der Waals surface area contributed by atoms with Gasteiger partial charge in [-0.15, -0.1) is 12.4 Å². The number of nitrogens with one attached hydrogen (secondary N) is 2. The Kier molecular flexibility index (Phi) is 7.54. The molecule has 0 spiro atoms. The van der Waals surface area contributed by atoms with E-state index in [1.165, 1.54) is 0 Å². The number of hydrogen-bond donors (Lipinski definition) is 3. The van der Waals surface area contributed by atoms with Crippen molar-refractivity contribution in [3.8, 4) is 0 Å². The van der Waals surface area contributed by atoms with Crippen molar-refractivity contribution in [1.82, 2.24) is 10.6 Å². The summed E-state index contributed by atoms with van der Waals surface area (Å²) in [6.45, 7) is 2.41. The first-order chi connectivity index (χ1) is 9.25. The number of benzene rings is 1. The maximum absolute atomic E-state index is 11.7. The van der Waals surface area contributed by atoms with Crippen LogP contribution in [-0.4, -0.2) is 43.4 Å². The van der Waals surface area contributed by atoms with Crippen molar-refractivity contribution in [2.75, 3.05) is 26.2 Å². The molecule has 1 amide bonds. The van der Waals surface area contributed by atoms with Gasteiger partial charge in [0, 0.05) is 19.6 Å². The van der Waals surface area contributed by atoms with Gasteiger partial charge >= 0.3 is 0 Å². The van der Waals surface area contributed by atoms with Crippen molar-refractivity contribution in [2.24, 2.45) is 0 Å². The van der Waals surface area contributed by atoms with Crippen molar-refractivity contribution in [2.45, 2.75) is 18.6 Å². The minimum atomic E-state index is -0.671. The summed E-state index contributed by atoms with van der Waals surface area (Å²) >= 11 is 0. The first-order valence-electron chi connectivity index (χ1n) is 6.58. The van der Waals surface area contributed by atoms with Gasteiger partial charge in [0.15, 0.2) is 0 Å². The molecule has 2 rings (SSSR count). The normalized spacial score (nSPS) is 19.8. The number of halogens is 1. The zero-order valence-corrected chi connectivity index (χ0v) is 12.1. The Bertz CT molecular complexity index is 397. The number of aliphatic hydroxyl groups is 1. The van der Waals surface area contributed by atoms with E-state index in [-0.39, 0.29) is 31.0 Å². The third kappa shape index (κ3) is 5.46. The van der Waals surface area contributed by atoms with E-state index >= 15 is 0 Å². The number of carbonyl (C=O) groups is 1. The van der Waals surface area contributed by atoms with Crippen LogP contribution in [0.4, 0.5) is 0 Å². The number of aliphatic hydroxyl groups excluding tert-OH is 1. The molecule has 1 aliphatic rings. The Balaban J connectivity index is 0.00000200. The summed E-state index contributed by atoms with van der Waals surface area (Å²) in [5, 5.41) is 15.8. The molecule has 1 fully saturated rings. The molecule has 2 atom stereocenters. The molecule has 3 N–H and O–H groups in total. The fourth-order valence-corrected chi connectivity index (χ4v) is 2.03. The van der Waals surface area contributed by atoms with Crippen LogP contribution in [0, 0.1) is 0 Å². The summed E-state index contributed by atoms with van der Waals surface area (Å²) in [5.74, 6) is -0.0938. The van der Waals surface area contributed by atoms with Crippen LogP contribution in [0.5, 0.6) is 0 Å². The molecule has 6 heteroatoms. The van der Waals surface area contributed by atoms with Crippen molar-refractivity contribution in [3.05, 3.63) is 35.9 Å². The van der Waals surface area contributed by atoms with Gasteiger partial charge in [-0.05, 0) is 5.56 Å². The van der Waals surface area contributed by atoms with Gasteiger partial charge in [-0.2, -0.15) is 0 Å². The second kappa shape index (κ2) is 8.92. The van der Waals surface area contributed by atoms with E-state index in [2.05, 4.69) is 10.6 Å². The van der Waals surface area contributed by atoms with Crippen molar-refractivity contribution >= 4 is 18.3 Å². The highest BCUT2D eigenvalue weighted by atomic mass is 35.5. The number of carbonyl (C=O) groups excluding carboxylic acids is 1. The molecule has 20 heavy (non-hydrogen) atoms. The topological polar surface area (TPSA) is 70.6 Å². The highest BCUT2D eigenvalue weighted by Crippen LogP contribution is 2.10. The van der Waals surface area contributed by atoms with Crippen LogP contribution in [0.1, 0.15) is 18.1 Å². The van der Waals surface area contributed by atoms with Crippen molar-refractivity contribution in [3.63, 3.8) is 0 Å². The molecular formula is C14H21ClN2O3. The molecule has 2 unspecified atom stereocenters. The zero-order valence-electron chi connectivity index (χ0n) is 11.2. The van der Waals surface area contributed by atoms with Gasteiger partial charge in [-0.1, -0.05) is 30.3 Å². The van der Waals surface area contributed by atoms with Gasteiger partial charge in [-0.25, -0.2) is 0 Å². The van der Waals surface area contributed by atoms with Crippen LogP contribution in [0.3, 0.4) is 0 Å². The molecule has 1 saturated heterocycles. The van der Waals surface area contributed by atoms with Gasteiger partial charge in [0.05, 0.1) is 25.2 Å². The average Bonchev–Trinajstić information content (AvgIpc) is 2.47. The third-order valence-electron chi connectivity index (χ3n) is 3.09. The Hall–Kier alpha value is -1.14. The van der Waals surface area contributed by atoms with Crippen molar-refractivity contribution in [1.29, 1.82) is 0 Å². The maximum Gasteiger partial charge on any atom is 0.222 e. The largest absolute Gasteiger partial charge is 0.387 e. The van der Waals surface area contributed by atoms with E-state index in [9.17, 15) is 9.90 Å². The minimum Gasteiger partial charge on any atom is -0.387 e. The monoisotopic (exact) mass is 300 g/mol. The summed E-state index contributed by atoms with van der Waals surface area (Å²) in [6, 6.07) is 9.29. The second-order valence-electron chi connectivity index (χ2n) is 4.63. The summed E-state index contributed by atoms with van der Waals surface area (Å²) in [6.07, 6.45) is -0.410. The van der Waals surface area contributed by atoms with Gasteiger partial charge in [-0.3, -0.25) is 4.79 Å². The summed E-state index contributed by atoms with van der Waals surface area (Å²) < 4.78 is 5.45. The highest BCUT2D eigenvalue weighted by molar-refractivity contribution is 5.85. The fourth-order valence-electron chi connectivity index (χ4n) is 2.03. The van der Waals surface area contributed by atoms with Crippen LogP contribution >= 0.6 is 12.4 Å². The minimum absolute atomic E-state index is 0. The van der Waals surface area contributed by atoms with Crippen LogP contribution in [-0.2, 0) is 9.53 Å². The molecule has 1 heterocycles. The lowest BCUT2D eigenvalue weighted by Crippen LogP contribution is -2.41. The Morgan fingerprint density at radius 3 is 2.85 bits per heavy atom. The molecule has 5 nitrogen and oxygen atoms in total. The van der Waals surface area contributed by atoms with E-state index < -0.39 is 6.10 Å². The number of amides is 1. The molecule has 0 bridgehead atoms. The van der Waals surface area contributed by atoms with E-state index in [1.54, 1.807) is 0 Å². The van der Waals surface area contributed by atoms with Crippen LogP contribution < -0.4 is 10.6 Å². The van der Waals surface area contributed by atoms with Crippen LogP contribution in [0.25, 0.3) is 0 Å². The molecule has 0 aromatic heterocycles. The summed E-state index contributed by atoms with van der Waals surface area (Å²) in [7, 11) is 0. The lowest BCUT2D eigenvalue weighted by atomic mass is 10.1. The average molecular weight is 301 g/mol. The molecular weight excluding hydrogens is 280 g/mol. The van der Waals surface area contributed by atoms with E-state index in [0.717, 1.165) is 12.1 Å². The smallest absolute Gasteiger partial charge is 0.222 e. The SMILES string of the molecule is Cl.O=C(CC1CNCCO1)NCC(O)c1ccccc1. The molecule has 0 radical (unpaired) electrons. The number of rotatable bonds is 5. The van der Waals surface area contributed by atoms with Crippen LogP contribution in [0.15, 0.2) is 30.3 Å². The van der Waals surface area contributed by atoms with Gasteiger partial charge in [0.2, 0.25) is 5.91 Å². The first kappa shape index (κ1) is 16.9. The van der Waals surface area contributed by atoms with Gasteiger partial charge in [0.1, 0.15) is 0 Å². The fraction of sp³-hybridized carbons (Fsp3) is 0.500. The molecule has 1 aromatic carbocycles. The lowest BCUT2D eigenvalue weighted by molar-refractivity contribution is -0.124. The van der Waals surface area contributed by atoms with E-state index in [1.807, 2.05) is 30.3 Å².